The first-order chi connectivity index (χ1) is 20.4. The second-order valence-corrected chi connectivity index (χ2v) is 10.9. The molecule has 0 saturated carbocycles. The van der Waals surface area contributed by atoms with E-state index in [0.717, 1.165) is 16.7 Å². The van der Waals surface area contributed by atoms with Crippen LogP contribution in [0.1, 0.15) is 70.7 Å². The lowest BCUT2D eigenvalue weighted by molar-refractivity contribution is -0.120. The maximum Gasteiger partial charge on any atom is 0.276 e. The van der Waals surface area contributed by atoms with E-state index in [9.17, 15) is 14.0 Å². The molecule has 42 heavy (non-hydrogen) atoms. The highest BCUT2D eigenvalue weighted by molar-refractivity contribution is 5.94. The van der Waals surface area contributed by atoms with Crippen LogP contribution in [0.4, 0.5) is 4.39 Å². The molecule has 1 aromatic heterocycles. The van der Waals surface area contributed by atoms with E-state index in [4.69, 9.17) is 13.9 Å². The van der Waals surface area contributed by atoms with Gasteiger partial charge in [-0.25, -0.2) is 9.37 Å². The number of carbonyl (C=O) groups excluding carboxylic acids is 2. The summed E-state index contributed by atoms with van der Waals surface area (Å²) < 4.78 is 32.4. The van der Waals surface area contributed by atoms with Crippen molar-refractivity contribution >= 4 is 11.8 Å². The van der Waals surface area contributed by atoms with Crippen molar-refractivity contribution in [3.8, 4) is 17.2 Å². The average molecular weight is 570 g/mol. The number of nitrogens with zero attached hydrogens (tertiary/aromatic N) is 2. The van der Waals surface area contributed by atoms with Gasteiger partial charge < -0.3 is 24.1 Å². The maximum atomic E-state index is 14.7. The number of halogens is 1. The molecule has 216 valence electrons. The van der Waals surface area contributed by atoms with Gasteiger partial charge in [-0.3, -0.25) is 9.59 Å². The monoisotopic (exact) mass is 569 g/mol. The van der Waals surface area contributed by atoms with Crippen LogP contribution < -0.4 is 14.8 Å². The van der Waals surface area contributed by atoms with Gasteiger partial charge in [-0.1, -0.05) is 38.1 Å². The summed E-state index contributed by atoms with van der Waals surface area (Å²) in [7, 11) is 0. The number of amides is 2. The van der Waals surface area contributed by atoms with E-state index in [0.29, 0.717) is 61.1 Å². The number of ether oxygens (including phenoxy) is 2. The standard InChI is InChI=1S/C33H32FN3O5/c1-20(2)32-30(36-19-41-32)33(39)37-13-11-22-17-25-8-9-26(22)31(37)23-5-3-6-24(18-23)40-14-4-12-35-29(38)16-21-7-10-27(34)28(15-21)42-25/h3,5-10,15,17-20,31H,4,11-14,16H2,1-2H3,(H,35,38). The molecule has 7 rings (SSSR count). The predicted molar refractivity (Wildman–Crippen MR) is 153 cm³/mol. The van der Waals surface area contributed by atoms with Crippen molar-refractivity contribution in [1.29, 1.82) is 0 Å². The number of carbonyl (C=O) groups is 2. The van der Waals surface area contributed by atoms with E-state index in [1.165, 1.54) is 12.5 Å². The molecule has 8 nitrogen and oxygen atoms in total. The zero-order valence-corrected chi connectivity index (χ0v) is 23.6. The number of fused-ring (bicyclic) bond motifs is 7. The molecule has 4 aromatic rings. The fourth-order valence-electron chi connectivity index (χ4n) is 5.58. The first-order valence-electron chi connectivity index (χ1n) is 14.2. The second-order valence-electron chi connectivity index (χ2n) is 10.9. The lowest BCUT2D eigenvalue weighted by atomic mass is 9.87. The lowest BCUT2D eigenvalue weighted by Gasteiger charge is -2.38. The van der Waals surface area contributed by atoms with Gasteiger partial charge in [0.15, 0.2) is 23.7 Å². The minimum atomic E-state index is -0.514. The second kappa shape index (κ2) is 11.7. The van der Waals surface area contributed by atoms with Crippen molar-refractivity contribution < 1.29 is 27.9 Å². The minimum Gasteiger partial charge on any atom is -0.494 e. The third-order valence-corrected chi connectivity index (χ3v) is 7.60. The molecular weight excluding hydrogens is 537 g/mol. The molecule has 3 aromatic carbocycles. The number of oxazole rings is 1. The maximum absolute atomic E-state index is 14.7. The van der Waals surface area contributed by atoms with Crippen LogP contribution in [0.3, 0.4) is 0 Å². The van der Waals surface area contributed by atoms with Crippen LogP contribution in [0.25, 0.3) is 0 Å². The van der Waals surface area contributed by atoms with Gasteiger partial charge in [0.2, 0.25) is 5.91 Å². The van der Waals surface area contributed by atoms with Crippen molar-refractivity contribution in [2.45, 2.75) is 45.1 Å². The third-order valence-electron chi connectivity index (χ3n) is 7.60. The van der Waals surface area contributed by atoms with Gasteiger partial charge in [0.05, 0.1) is 19.1 Å². The molecule has 8 bridgehead atoms. The van der Waals surface area contributed by atoms with Gasteiger partial charge in [-0.15, -0.1) is 0 Å². The molecule has 0 radical (unpaired) electrons. The molecule has 0 aliphatic carbocycles. The Labute approximate surface area is 243 Å². The number of aromatic nitrogens is 1. The van der Waals surface area contributed by atoms with Gasteiger partial charge in [0.25, 0.3) is 5.91 Å². The summed E-state index contributed by atoms with van der Waals surface area (Å²) in [4.78, 5) is 32.6. The quantitative estimate of drug-likeness (QED) is 0.320. The van der Waals surface area contributed by atoms with Gasteiger partial charge in [-0.05, 0) is 71.5 Å². The first-order valence-corrected chi connectivity index (χ1v) is 14.2. The van der Waals surface area contributed by atoms with Crippen LogP contribution in [0.2, 0.25) is 0 Å². The Balaban J connectivity index is 1.42. The van der Waals surface area contributed by atoms with Crippen LogP contribution >= 0.6 is 0 Å². The van der Waals surface area contributed by atoms with Crippen LogP contribution in [-0.4, -0.2) is 41.4 Å². The van der Waals surface area contributed by atoms with Gasteiger partial charge in [0.1, 0.15) is 17.3 Å². The Kier molecular flexibility index (Phi) is 7.65. The van der Waals surface area contributed by atoms with E-state index in [-0.39, 0.29) is 29.9 Å². The highest BCUT2D eigenvalue weighted by Crippen LogP contribution is 2.40. The number of hydrogen-bond donors (Lipinski definition) is 1. The number of rotatable bonds is 2. The molecule has 1 unspecified atom stereocenters. The minimum absolute atomic E-state index is 0.00173. The van der Waals surface area contributed by atoms with Crippen LogP contribution in [0, 0.1) is 5.82 Å². The van der Waals surface area contributed by atoms with Crippen molar-refractivity contribution in [2.75, 3.05) is 19.7 Å². The summed E-state index contributed by atoms with van der Waals surface area (Å²) in [5, 5.41) is 2.89. The Hall–Kier alpha value is -4.66. The molecule has 9 heteroatoms. The summed E-state index contributed by atoms with van der Waals surface area (Å²) >= 11 is 0. The van der Waals surface area contributed by atoms with Crippen molar-refractivity contribution in [3.05, 3.63) is 107 Å². The number of nitrogens with one attached hydrogen (secondary N) is 1. The normalized spacial score (nSPS) is 17.0. The van der Waals surface area contributed by atoms with Gasteiger partial charge >= 0.3 is 0 Å². The highest BCUT2D eigenvalue weighted by Gasteiger charge is 2.35. The van der Waals surface area contributed by atoms with Crippen molar-refractivity contribution in [2.24, 2.45) is 0 Å². The average Bonchev–Trinajstić information content (AvgIpc) is 3.48. The van der Waals surface area contributed by atoms with Crippen LogP contribution in [-0.2, 0) is 17.6 Å². The molecule has 1 N–H and O–H groups in total. The summed E-state index contributed by atoms with van der Waals surface area (Å²) in [6.07, 6.45) is 2.61. The molecule has 0 saturated heterocycles. The van der Waals surface area contributed by atoms with Gasteiger partial charge in [-0.2, -0.15) is 0 Å². The highest BCUT2D eigenvalue weighted by atomic mass is 19.1. The number of benzene rings is 3. The van der Waals surface area contributed by atoms with Crippen LogP contribution in [0.15, 0.2) is 71.5 Å². The lowest BCUT2D eigenvalue weighted by Crippen LogP contribution is -2.41. The van der Waals surface area contributed by atoms with Crippen LogP contribution in [0.5, 0.6) is 17.2 Å². The first kappa shape index (κ1) is 27.5. The summed E-state index contributed by atoms with van der Waals surface area (Å²) in [5.41, 5.74) is 3.78. The molecular formula is C33H32FN3O5. The fourth-order valence-corrected chi connectivity index (χ4v) is 5.58. The molecule has 4 heterocycles. The molecule has 0 fully saturated rings. The topological polar surface area (TPSA) is 93.9 Å². The Morgan fingerprint density at radius 1 is 1.10 bits per heavy atom. The molecule has 1 atom stereocenters. The largest absolute Gasteiger partial charge is 0.494 e. The Morgan fingerprint density at radius 3 is 2.83 bits per heavy atom. The zero-order chi connectivity index (χ0) is 29.2. The van der Waals surface area contributed by atoms with E-state index >= 15 is 0 Å². The molecule has 2 amide bonds. The summed E-state index contributed by atoms with van der Waals surface area (Å²) in [5.74, 6) is 0.870. The molecule has 0 spiro atoms. The Morgan fingerprint density at radius 2 is 1.98 bits per heavy atom. The van der Waals surface area contributed by atoms with Gasteiger partial charge in [0, 0.05) is 19.0 Å². The molecule has 3 aliphatic rings. The number of hydrogen-bond acceptors (Lipinski definition) is 6. The summed E-state index contributed by atoms with van der Waals surface area (Å²) in [6.45, 7) is 5.22. The van der Waals surface area contributed by atoms with E-state index < -0.39 is 11.9 Å². The third kappa shape index (κ3) is 5.59. The predicted octanol–water partition coefficient (Wildman–Crippen LogP) is 5.96. The summed E-state index contributed by atoms with van der Waals surface area (Å²) in [6, 6.07) is 17.4. The van der Waals surface area contributed by atoms with E-state index in [1.807, 2.05) is 55.1 Å². The fraction of sp³-hybridized carbons (Fsp3) is 0.303. The van der Waals surface area contributed by atoms with E-state index in [1.54, 1.807) is 18.2 Å². The smallest absolute Gasteiger partial charge is 0.276 e. The van der Waals surface area contributed by atoms with Crippen molar-refractivity contribution in [3.63, 3.8) is 0 Å². The SMILES string of the molecule is CC(C)c1ocnc1C(=O)N1CCc2cc3ccc2C1c1cccc(c1)OCCCNC(=O)Cc1ccc(F)c(c1)O3. The molecule has 3 aliphatic heterocycles. The van der Waals surface area contributed by atoms with Crippen molar-refractivity contribution in [1.82, 2.24) is 15.2 Å². The Bertz CT molecular complexity index is 1630. The van der Waals surface area contributed by atoms with E-state index in [2.05, 4.69) is 10.3 Å². The zero-order valence-electron chi connectivity index (χ0n) is 23.6.